The predicted molar refractivity (Wildman–Crippen MR) is 81.1 cm³/mol. The van der Waals surface area contributed by atoms with Crippen molar-refractivity contribution in [3.05, 3.63) is 54.3 Å². The maximum absolute atomic E-state index is 10.2. The molecule has 0 heterocycles. The summed E-state index contributed by atoms with van der Waals surface area (Å²) in [4.78, 5) is 10.2. The van der Waals surface area contributed by atoms with Gasteiger partial charge in [0.2, 0.25) is 0 Å². The number of allylic oxidation sites excluding steroid dienone is 7. The first-order valence-corrected chi connectivity index (χ1v) is 6.83. The minimum Gasteiger partial charge on any atom is -0.481 e. The highest BCUT2D eigenvalue weighted by Gasteiger charge is 1.90. The molecule has 0 aromatic rings. The summed E-state index contributed by atoms with van der Waals surface area (Å²) in [6.07, 6.45) is 21.2. The van der Waals surface area contributed by atoms with Crippen LogP contribution in [0.3, 0.4) is 0 Å². The molecular formula is C17H24O2. The fourth-order valence-corrected chi connectivity index (χ4v) is 1.30. The summed E-state index contributed by atoms with van der Waals surface area (Å²) < 4.78 is 0. The zero-order valence-corrected chi connectivity index (χ0v) is 11.7. The molecule has 0 rings (SSSR count). The summed E-state index contributed by atoms with van der Waals surface area (Å²) >= 11 is 0. The largest absolute Gasteiger partial charge is 0.481 e. The molecule has 104 valence electrons. The zero-order chi connectivity index (χ0) is 14.2. The standard InChI is InChI=1S/C17H24O2/c1-2-3-4-5-6-7-8-9-10-11-12-13-14-15-16-17(18)19/h3-4,6-7,9-10,12,14H,2,5,8,11,15-16H2,1H3,(H,18,19). The number of carbonyl (C=O) groups is 1. The highest BCUT2D eigenvalue weighted by atomic mass is 16.4. The maximum Gasteiger partial charge on any atom is 0.303 e. The number of carboxylic acid groups (broad SMARTS) is 1. The second-order valence-electron chi connectivity index (χ2n) is 4.04. The summed E-state index contributed by atoms with van der Waals surface area (Å²) in [5.41, 5.74) is 2.97. The van der Waals surface area contributed by atoms with E-state index in [0.717, 1.165) is 25.7 Å². The van der Waals surface area contributed by atoms with Crippen molar-refractivity contribution in [2.75, 3.05) is 0 Å². The van der Waals surface area contributed by atoms with Crippen LogP contribution in [-0.4, -0.2) is 11.1 Å². The highest BCUT2D eigenvalue weighted by Crippen LogP contribution is 1.94. The molecule has 0 atom stereocenters. The summed E-state index contributed by atoms with van der Waals surface area (Å²) in [7, 11) is 0. The molecule has 1 N–H and O–H groups in total. The van der Waals surface area contributed by atoms with Crippen molar-refractivity contribution in [2.24, 2.45) is 0 Å². The van der Waals surface area contributed by atoms with Crippen molar-refractivity contribution in [1.82, 2.24) is 0 Å². The Bertz CT molecular complexity index is 367. The van der Waals surface area contributed by atoms with E-state index in [0.29, 0.717) is 6.42 Å². The SMILES string of the molecule is CCC=CCC=CCC=CCC=C=CCCC(=O)O. The van der Waals surface area contributed by atoms with Gasteiger partial charge in [-0.05, 0) is 44.3 Å². The van der Waals surface area contributed by atoms with Crippen LogP contribution in [0.2, 0.25) is 0 Å². The third-order valence-corrected chi connectivity index (χ3v) is 2.27. The Morgan fingerprint density at radius 3 is 2.11 bits per heavy atom. The molecule has 0 saturated carbocycles. The van der Waals surface area contributed by atoms with E-state index in [-0.39, 0.29) is 6.42 Å². The van der Waals surface area contributed by atoms with Gasteiger partial charge in [0, 0.05) is 6.42 Å². The minimum atomic E-state index is -0.765. The van der Waals surface area contributed by atoms with Crippen molar-refractivity contribution in [3.8, 4) is 0 Å². The molecule has 0 bridgehead atoms. The van der Waals surface area contributed by atoms with Gasteiger partial charge in [0.25, 0.3) is 0 Å². The molecule has 0 saturated heterocycles. The van der Waals surface area contributed by atoms with Crippen molar-refractivity contribution >= 4 is 5.97 Å². The first-order valence-electron chi connectivity index (χ1n) is 6.83. The van der Waals surface area contributed by atoms with Crippen LogP contribution in [-0.2, 0) is 4.79 Å². The zero-order valence-electron chi connectivity index (χ0n) is 11.7. The number of rotatable bonds is 10. The van der Waals surface area contributed by atoms with Crippen molar-refractivity contribution in [3.63, 3.8) is 0 Å². The number of carboxylic acids is 1. The van der Waals surface area contributed by atoms with Crippen LogP contribution in [0.5, 0.6) is 0 Å². The van der Waals surface area contributed by atoms with E-state index in [4.69, 9.17) is 5.11 Å². The smallest absolute Gasteiger partial charge is 0.303 e. The Hall–Kier alpha value is -1.79. The molecule has 0 radical (unpaired) electrons. The van der Waals surface area contributed by atoms with Gasteiger partial charge in [-0.25, -0.2) is 0 Å². The Labute approximate surface area is 116 Å². The molecule has 0 aliphatic rings. The molecular weight excluding hydrogens is 236 g/mol. The van der Waals surface area contributed by atoms with Gasteiger partial charge < -0.3 is 5.11 Å². The second-order valence-corrected chi connectivity index (χ2v) is 4.04. The molecule has 0 aromatic heterocycles. The van der Waals surface area contributed by atoms with E-state index >= 15 is 0 Å². The van der Waals surface area contributed by atoms with E-state index in [1.54, 1.807) is 6.08 Å². The molecule has 2 nitrogen and oxygen atoms in total. The van der Waals surface area contributed by atoms with Crippen molar-refractivity contribution < 1.29 is 9.90 Å². The number of hydrogen-bond donors (Lipinski definition) is 1. The average Bonchev–Trinajstić information content (AvgIpc) is 2.39. The van der Waals surface area contributed by atoms with Crippen molar-refractivity contribution in [2.45, 2.75) is 45.4 Å². The quantitative estimate of drug-likeness (QED) is 0.452. The van der Waals surface area contributed by atoms with Crippen LogP contribution < -0.4 is 0 Å². The topological polar surface area (TPSA) is 37.3 Å². The van der Waals surface area contributed by atoms with Crippen LogP contribution in [0.15, 0.2) is 54.3 Å². The van der Waals surface area contributed by atoms with Crippen LogP contribution >= 0.6 is 0 Å². The van der Waals surface area contributed by atoms with E-state index in [1.807, 2.05) is 6.08 Å². The molecule has 0 aliphatic carbocycles. The lowest BCUT2D eigenvalue weighted by atomic mass is 10.2. The lowest BCUT2D eigenvalue weighted by Crippen LogP contribution is -1.91. The summed E-state index contributed by atoms with van der Waals surface area (Å²) in [6, 6.07) is 0. The number of hydrogen-bond acceptors (Lipinski definition) is 1. The lowest BCUT2D eigenvalue weighted by Gasteiger charge is -1.84. The summed E-state index contributed by atoms with van der Waals surface area (Å²) in [6.45, 7) is 2.13. The molecule has 19 heavy (non-hydrogen) atoms. The maximum atomic E-state index is 10.2. The number of aliphatic carboxylic acids is 1. The van der Waals surface area contributed by atoms with Gasteiger partial charge in [-0.3, -0.25) is 4.79 Å². The van der Waals surface area contributed by atoms with Crippen LogP contribution in [0, 0.1) is 0 Å². The summed E-state index contributed by atoms with van der Waals surface area (Å²) in [5, 5.41) is 8.42. The first kappa shape index (κ1) is 17.2. The molecule has 0 amide bonds. The van der Waals surface area contributed by atoms with Crippen molar-refractivity contribution in [1.29, 1.82) is 0 Å². The lowest BCUT2D eigenvalue weighted by molar-refractivity contribution is -0.136. The van der Waals surface area contributed by atoms with E-state index < -0.39 is 5.97 Å². The monoisotopic (exact) mass is 260 g/mol. The Kier molecular flexibility index (Phi) is 12.9. The van der Waals surface area contributed by atoms with Crippen LogP contribution in [0.25, 0.3) is 0 Å². The molecule has 0 fully saturated rings. The first-order chi connectivity index (χ1) is 9.27. The second kappa shape index (κ2) is 14.3. The van der Waals surface area contributed by atoms with Gasteiger partial charge in [0.15, 0.2) is 0 Å². The predicted octanol–water partition coefficient (Wildman–Crippen LogP) is 4.81. The molecule has 2 heteroatoms. The third kappa shape index (κ3) is 16.2. The van der Waals surface area contributed by atoms with Gasteiger partial charge in [0.1, 0.15) is 0 Å². The molecule has 0 unspecified atom stereocenters. The van der Waals surface area contributed by atoms with Gasteiger partial charge in [-0.15, -0.1) is 5.73 Å². The van der Waals surface area contributed by atoms with Gasteiger partial charge in [-0.2, -0.15) is 0 Å². The van der Waals surface area contributed by atoms with Crippen LogP contribution in [0.4, 0.5) is 0 Å². The molecule has 0 aliphatic heterocycles. The Morgan fingerprint density at radius 2 is 1.53 bits per heavy atom. The van der Waals surface area contributed by atoms with Gasteiger partial charge in [-0.1, -0.05) is 43.4 Å². The fraction of sp³-hybridized carbons (Fsp3) is 0.412. The minimum absolute atomic E-state index is 0.175. The third-order valence-electron chi connectivity index (χ3n) is 2.27. The normalized spacial score (nSPS) is 11.2. The average molecular weight is 260 g/mol. The Balaban J connectivity index is 3.55. The van der Waals surface area contributed by atoms with Crippen LogP contribution in [0.1, 0.15) is 45.4 Å². The molecule has 0 aromatic carbocycles. The van der Waals surface area contributed by atoms with Gasteiger partial charge in [0.05, 0.1) is 0 Å². The van der Waals surface area contributed by atoms with Gasteiger partial charge >= 0.3 is 5.97 Å². The highest BCUT2D eigenvalue weighted by molar-refractivity contribution is 5.66. The van der Waals surface area contributed by atoms with E-state index in [2.05, 4.69) is 49.1 Å². The summed E-state index contributed by atoms with van der Waals surface area (Å²) in [5.74, 6) is -0.765. The fourth-order valence-electron chi connectivity index (χ4n) is 1.30. The molecule has 0 spiro atoms. The van der Waals surface area contributed by atoms with E-state index in [1.165, 1.54) is 0 Å². The Morgan fingerprint density at radius 1 is 0.947 bits per heavy atom. The van der Waals surface area contributed by atoms with E-state index in [9.17, 15) is 4.79 Å².